The normalized spacial score (nSPS) is 11.0. The summed E-state index contributed by atoms with van der Waals surface area (Å²) in [7, 11) is 0. The Morgan fingerprint density at radius 3 is 2.67 bits per heavy atom. The number of fused-ring (bicyclic) bond motifs is 1. The maximum Gasteiger partial charge on any atom is 0.323 e. The van der Waals surface area contributed by atoms with Gasteiger partial charge in [-0.2, -0.15) is 0 Å². The average molecular weight is 325 g/mol. The van der Waals surface area contributed by atoms with Crippen LogP contribution in [0, 0.1) is 0 Å². The molecule has 0 atom stereocenters. The second-order valence-electron chi connectivity index (χ2n) is 5.85. The van der Waals surface area contributed by atoms with Crippen LogP contribution >= 0.6 is 0 Å². The van der Waals surface area contributed by atoms with Crippen LogP contribution < -0.4 is 15.7 Å². The third-order valence-electron chi connectivity index (χ3n) is 3.47. The fraction of sp³-hybridized carbons (Fsp3) is 0.222. The van der Waals surface area contributed by atoms with Gasteiger partial charge in [-0.3, -0.25) is 4.79 Å². The zero-order chi connectivity index (χ0) is 17.1. The molecule has 24 heavy (non-hydrogen) atoms. The molecule has 0 fully saturated rings. The largest absolute Gasteiger partial charge is 0.489 e. The van der Waals surface area contributed by atoms with Gasteiger partial charge in [-0.05, 0) is 43.7 Å². The van der Waals surface area contributed by atoms with Gasteiger partial charge < -0.3 is 20.0 Å². The second kappa shape index (κ2) is 6.62. The molecule has 0 aliphatic heterocycles. The first-order valence-corrected chi connectivity index (χ1v) is 7.78. The van der Waals surface area contributed by atoms with E-state index in [1.807, 2.05) is 44.2 Å². The van der Waals surface area contributed by atoms with E-state index >= 15 is 0 Å². The van der Waals surface area contributed by atoms with Crippen molar-refractivity contribution in [3.05, 3.63) is 58.5 Å². The molecule has 0 saturated heterocycles. The number of nitrogens with one attached hydrogen (secondary N) is 3. The fourth-order valence-corrected chi connectivity index (χ4v) is 2.50. The summed E-state index contributed by atoms with van der Waals surface area (Å²) in [6.45, 7) is 3.87. The number of ether oxygens (including phenoxy) is 1. The lowest BCUT2D eigenvalue weighted by molar-refractivity contribution is -0.115. The summed E-state index contributed by atoms with van der Waals surface area (Å²) in [5.74, 6) is 0.498. The van der Waals surface area contributed by atoms with Crippen molar-refractivity contribution < 1.29 is 9.53 Å². The first-order chi connectivity index (χ1) is 11.5. The minimum Gasteiger partial charge on any atom is -0.489 e. The van der Waals surface area contributed by atoms with Crippen LogP contribution in [0.5, 0.6) is 5.75 Å². The molecule has 124 valence electrons. The number of carbonyl (C=O) groups excluding carboxylic acids is 1. The van der Waals surface area contributed by atoms with Gasteiger partial charge in [0.25, 0.3) is 0 Å². The zero-order valence-corrected chi connectivity index (χ0v) is 13.6. The molecule has 0 aliphatic rings. The number of benzene rings is 2. The predicted octanol–water partition coefficient (Wildman–Crippen LogP) is 2.82. The van der Waals surface area contributed by atoms with Crippen molar-refractivity contribution in [2.45, 2.75) is 26.4 Å². The van der Waals surface area contributed by atoms with Gasteiger partial charge >= 0.3 is 5.69 Å². The number of anilines is 1. The Balaban J connectivity index is 1.74. The Morgan fingerprint density at radius 1 is 1.12 bits per heavy atom. The summed E-state index contributed by atoms with van der Waals surface area (Å²) in [6, 6.07) is 12.7. The Morgan fingerprint density at radius 2 is 1.88 bits per heavy atom. The third kappa shape index (κ3) is 3.65. The summed E-state index contributed by atoms with van der Waals surface area (Å²) in [5.41, 5.74) is 2.62. The monoisotopic (exact) mass is 325 g/mol. The van der Waals surface area contributed by atoms with Gasteiger partial charge in [0.2, 0.25) is 5.91 Å². The fourth-order valence-electron chi connectivity index (χ4n) is 2.50. The van der Waals surface area contributed by atoms with E-state index in [1.165, 1.54) is 0 Å². The smallest absolute Gasteiger partial charge is 0.323 e. The molecular weight excluding hydrogens is 306 g/mol. The van der Waals surface area contributed by atoms with Crippen molar-refractivity contribution >= 4 is 22.6 Å². The van der Waals surface area contributed by atoms with Crippen LogP contribution in [0.15, 0.2) is 47.3 Å². The van der Waals surface area contributed by atoms with Crippen molar-refractivity contribution in [3.63, 3.8) is 0 Å². The molecule has 6 heteroatoms. The first kappa shape index (κ1) is 15.9. The van der Waals surface area contributed by atoms with Gasteiger partial charge in [-0.15, -0.1) is 0 Å². The molecule has 0 bridgehead atoms. The van der Waals surface area contributed by atoms with E-state index in [2.05, 4.69) is 15.3 Å². The number of hydrogen-bond acceptors (Lipinski definition) is 3. The lowest BCUT2D eigenvalue weighted by Crippen LogP contribution is -2.16. The van der Waals surface area contributed by atoms with Crippen LogP contribution in [-0.4, -0.2) is 22.0 Å². The highest BCUT2D eigenvalue weighted by Crippen LogP contribution is 2.25. The van der Waals surface area contributed by atoms with E-state index in [0.29, 0.717) is 17.0 Å². The van der Waals surface area contributed by atoms with Gasteiger partial charge in [-0.25, -0.2) is 4.79 Å². The summed E-state index contributed by atoms with van der Waals surface area (Å²) in [4.78, 5) is 29.0. The third-order valence-corrected chi connectivity index (χ3v) is 3.47. The van der Waals surface area contributed by atoms with Crippen molar-refractivity contribution in [1.29, 1.82) is 0 Å². The predicted molar refractivity (Wildman–Crippen MR) is 93.5 cm³/mol. The van der Waals surface area contributed by atoms with E-state index in [0.717, 1.165) is 11.1 Å². The van der Waals surface area contributed by atoms with Gasteiger partial charge in [0.1, 0.15) is 5.75 Å². The molecule has 0 aliphatic carbocycles. The number of hydrogen-bond donors (Lipinski definition) is 3. The number of aromatic amines is 2. The number of rotatable bonds is 5. The van der Waals surface area contributed by atoms with E-state index in [9.17, 15) is 9.59 Å². The van der Waals surface area contributed by atoms with Crippen molar-refractivity contribution in [3.8, 4) is 5.75 Å². The van der Waals surface area contributed by atoms with Crippen LogP contribution in [-0.2, 0) is 11.2 Å². The molecule has 2 aromatic carbocycles. The number of aromatic nitrogens is 2. The molecular formula is C18H19N3O3. The minimum absolute atomic E-state index is 0.0240. The van der Waals surface area contributed by atoms with Crippen LogP contribution in [0.4, 0.5) is 5.69 Å². The van der Waals surface area contributed by atoms with E-state index < -0.39 is 0 Å². The maximum atomic E-state index is 12.3. The lowest BCUT2D eigenvalue weighted by atomic mass is 10.1. The van der Waals surface area contributed by atoms with E-state index in [-0.39, 0.29) is 24.1 Å². The highest BCUT2D eigenvalue weighted by atomic mass is 16.5. The molecule has 3 aromatic rings. The van der Waals surface area contributed by atoms with Crippen molar-refractivity contribution in [2.24, 2.45) is 0 Å². The van der Waals surface area contributed by atoms with Gasteiger partial charge in [0.15, 0.2) is 0 Å². The molecule has 1 amide bonds. The molecule has 0 unspecified atom stereocenters. The molecule has 0 saturated carbocycles. The Kier molecular flexibility index (Phi) is 4.37. The number of H-pyrrole nitrogens is 2. The van der Waals surface area contributed by atoms with Crippen LogP contribution in [0.3, 0.4) is 0 Å². The summed E-state index contributed by atoms with van der Waals surface area (Å²) >= 11 is 0. The maximum absolute atomic E-state index is 12.3. The lowest BCUT2D eigenvalue weighted by Gasteiger charge is -2.14. The molecule has 0 spiro atoms. The molecule has 1 aromatic heterocycles. The summed E-state index contributed by atoms with van der Waals surface area (Å²) in [6.07, 6.45) is 0.231. The highest BCUT2D eigenvalue weighted by molar-refractivity contribution is 5.94. The Bertz CT molecular complexity index is 924. The van der Waals surface area contributed by atoms with Gasteiger partial charge in [0, 0.05) is 0 Å². The van der Waals surface area contributed by atoms with E-state index in [4.69, 9.17) is 4.74 Å². The quantitative estimate of drug-likeness (QED) is 0.674. The number of amides is 1. The zero-order valence-electron chi connectivity index (χ0n) is 13.6. The van der Waals surface area contributed by atoms with Crippen LogP contribution in [0.2, 0.25) is 0 Å². The molecule has 6 nitrogen and oxygen atoms in total. The van der Waals surface area contributed by atoms with E-state index in [1.54, 1.807) is 12.1 Å². The molecule has 3 rings (SSSR count). The number of para-hydroxylation sites is 2. The summed E-state index contributed by atoms with van der Waals surface area (Å²) in [5, 5.41) is 2.87. The number of imidazole rings is 1. The van der Waals surface area contributed by atoms with Gasteiger partial charge in [-0.1, -0.05) is 18.2 Å². The minimum atomic E-state index is -0.258. The van der Waals surface area contributed by atoms with Crippen molar-refractivity contribution in [1.82, 2.24) is 9.97 Å². The van der Waals surface area contributed by atoms with Crippen molar-refractivity contribution in [2.75, 3.05) is 5.32 Å². The van der Waals surface area contributed by atoms with Crippen LogP contribution in [0.1, 0.15) is 19.4 Å². The van der Waals surface area contributed by atoms with Gasteiger partial charge in [0.05, 0.1) is 29.2 Å². The number of carbonyl (C=O) groups is 1. The molecule has 1 heterocycles. The highest BCUT2D eigenvalue weighted by Gasteiger charge is 2.10. The SMILES string of the molecule is CC(C)Oc1ccccc1NC(=O)Cc1ccc2[nH]c(=O)[nH]c2c1. The second-order valence-corrected chi connectivity index (χ2v) is 5.85. The average Bonchev–Trinajstić information content (AvgIpc) is 2.88. The Hall–Kier alpha value is -3.02. The topological polar surface area (TPSA) is 87.0 Å². The summed E-state index contributed by atoms with van der Waals surface area (Å²) < 4.78 is 5.70. The van der Waals surface area contributed by atoms with Crippen LogP contribution in [0.25, 0.3) is 11.0 Å². The first-order valence-electron chi connectivity index (χ1n) is 7.78. The molecule has 0 radical (unpaired) electrons. The Labute approximate surface area is 138 Å². The standard InChI is InChI=1S/C18H19N3O3/c1-11(2)24-16-6-4-3-5-14(16)19-17(22)10-12-7-8-13-15(9-12)21-18(23)20-13/h3-9,11H,10H2,1-2H3,(H,19,22)(H2,20,21,23). The molecule has 3 N–H and O–H groups in total.